The number of hydrogen-bond donors (Lipinski definition) is 0. The Morgan fingerprint density at radius 1 is 1.47 bits per heavy atom. The van der Waals surface area contributed by atoms with Gasteiger partial charge in [0, 0.05) is 0 Å². The number of carbonyl (C=O) groups excluding carboxylic acids is 1. The highest BCUT2D eigenvalue weighted by molar-refractivity contribution is 6.68. The lowest BCUT2D eigenvalue weighted by atomic mass is 10.2. The van der Waals surface area contributed by atoms with Gasteiger partial charge in [-0.2, -0.15) is 0 Å². The minimum Gasteiger partial charge on any atom is -0.491 e. The van der Waals surface area contributed by atoms with Gasteiger partial charge in [-0.05, 0) is 30.2 Å². The molecule has 1 rings (SSSR count). The van der Waals surface area contributed by atoms with E-state index in [0.717, 1.165) is 12.8 Å². The molecule has 0 N–H and O–H groups in total. The van der Waals surface area contributed by atoms with Crippen LogP contribution in [0.2, 0.25) is 5.02 Å². The average Bonchev–Trinajstić information content (AvgIpc) is 2.20. The first-order valence-electron chi connectivity index (χ1n) is 4.78. The molecule has 0 atom stereocenters. The van der Waals surface area contributed by atoms with Gasteiger partial charge in [-0.1, -0.05) is 31.0 Å². The Morgan fingerprint density at radius 2 is 2.20 bits per heavy atom. The highest BCUT2D eigenvalue weighted by atomic mass is 35.5. The Kier molecular flexibility index (Phi) is 4.92. The molecule has 0 aliphatic rings. The van der Waals surface area contributed by atoms with Crippen LogP contribution < -0.4 is 4.74 Å². The molecule has 0 saturated heterocycles. The van der Waals surface area contributed by atoms with E-state index in [1.807, 2.05) is 0 Å². The van der Waals surface area contributed by atoms with Crippen molar-refractivity contribution in [1.82, 2.24) is 0 Å². The molecule has 2 nitrogen and oxygen atoms in total. The van der Waals surface area contributed by atoms with E-state index < -0.39 is 5.24 Å². The average molecular weight is 247 g/mol. The molecular formula is C11H12Cl2O2. The van der Waals surface area contributed by atoms with E-state index in [1.54, 1.807) is 18.2 Å². The third kappa shape index (κ3) is 3.40. The monoisotopic (exact) mass is 246 g/mol. The van der Waals surface area contributed by atoms with Crippen LogP contribution >= 0.6 is 23.2 Å². The Hall–Kier alpha value is -0.730. The molecule has 1 aromatic carbocycles. The molecule has 0 saturated carbocycles. The second-order valence-electron chi connectivity index (χ2n) is 3.09. The topological polar surface area (TPSA) is 26.3 Å². The molecule has 0 amide bonds. The van der Waals surface area contributed by atoms with Crippen LogP contribution in [0.5, 0.6) is 5.75 Å². The number of benzene rings is 1. The summed E-state index contributed by atoms with van der Waals surface area (Å²) >= 11 is 11.3. The van der Waals surface area contributed by atoms with Gasteiger partial charge in [-0.15, -0.1) is 0 Å². The van der Waals surface area contributed by atoms with Crippen molar-refractivity contribution < 1.29 is 9.53 Å². The zero-order chi connectivity index (χ0) is 11.3. The first-order chi connectivity index (χ1) is 7.16. The largest absolute Gasteiger partial charge is 0.491 e. The highest BCUT2D eigenvalue weighted by Crippen LogP contribution is 2.29. The lowest BCUT2D eigenvalue weighted by Crippen LogP contribution is -2.02. The second kappa shape index (κ2) is 5.99. The van der Waals surface area contributed by atoms with Crippen molar-refractivity contribution in [3.05, 3.63) is 28.8 Å². The lowest BCUT2D eigenvalue weighted by Gasteiger charge is -2.10. The van der Waals surface area contributed by atoms with E-state index in [2.05, 4.69) is 6.92 Å². The zero-order valence-electron chi connectivity index (χ0n) is 8.43. The van der Waals surface area contributed by atoms with Crippen LogP contribution in [-0.2, 0) is 0 Å². The summed E-state index contributed by atoms with van der Waals surface area (Å²) in [5.74, 6) is 0.382. The summed E-state index contributed by atoms with van der Waals surface area (Å²) in [6, 6.07) is 4.94. The summed E-state index contributed by atoms with van der Waals surface area (Å²) in [7, 11) is 0. The molecule has 4 heteroatoms. The third-order valence-electron chi connectivity index (χ3n) is 1.92. The van der Waals surface area contributed by atoms with Gasteiger partial charge < -0.3 is 4.74 Å². The second-order valence-corrected chi connectivity index (χ2v) is 3.84. The highest BCUT2D eigenvalue weighted by Gasteiger charge is 2.13. The Bertz CT molecular complexity index is 350. The molecule has 0 aliphatic heterocycles. The fraction of sp³-hybridized carbons (Fsp3) is 0.364. The summed E-state index contributed by atoms with van der Waals surface area (Å²) in [5, 5.41) is -0.137. The quantitative estimate of drug-likeness (QED) is 0.582. The third-order valence-corrected chi connectivity index (χ3v) is 2.42. The van der Waals surface area contributed by atoms with Crippen molar-refractivity contribution in [2.75, 3.05) is 6.61 Å². The number of para-hydroxylation sites is 1. The van der Waals surface area contributed by atoms with E-state index in [1.165, 1.54) is 0 Å². The van der Waals surface area contributed by atoms with Crippen LogP contribution in [0.25, 0.3) is 0 Å². The van der Waals surface area contributed by atoms with E-state index in [4.69, 9.17) is 27.9 Å². The normalized spacial score (nSPS) is 10.1. The maximum Gasteiger partial charge on any atom is 0.256 e. The number of rotatable bonds is 5. The van der Waals surface area contributed by atoms with E-state index in [0.29, 0.717) is 22.9 Å². The van der Waals surface area contributed by atoms with Crippen molar-refractivity contribution in [2.24, 2.45) is 0 Å². The van der Waals surface area contributed by atoms with Gasteiger partial charge in [0.15, 0.2) is 0 Å². The first-order valence-corrected chi connectivity index (χ1v) is 5.53. The summed E-state index contributed by atoms with van der Waals surface area (Å²) in [6.45, 7) is 2.60. The molecule has 82 valence electrons. The molecule has 0 unspecified atom stereocenters. The van der Waals surface area contributed by atoms with Crippen LogP contribution in [0.4, 0.5) is 0 Å². The van der Waals surface area contributed by atoms with Crippen molar-refractivity contribution in [3.8, 4) is 5.75 Å². The van der Waals surface area contributed by atoms with Gasteiger partial charge in [0.1, 0.15) is 5.75 Å². The maximum absolute atomic E-state index is 11.1. The van der Waals surface area contributed by atoms with Gasteiger partial charge in [0.05, 0.1) is 17.2 Å². The molecule has 0 radical (unpaired) electrons. The van der Waals surface area contributed by atoms with Crippen LogP contribution in [0.3, 0.4) is 0 Å². The number of ether oxygens (including phenoxy) is 1. The van der Waals surface area contributed by atoms with Gasteiger partial charge >= 0.3 is 0 Å². The fourth-order valence-electron chi connectivity index (χ4n) is 1.13. The van der Waals surface area contributed by atoms with Gasteiger partial charge in [0.2, 0.25) is 0 Å². The van der Waals surface area contributed by atoms with Crippen molar-refractivity contribution in [1.29, 1.82) is 0 Å². The summed E-state index contributed by atoms with van der Waals surface area (Å²) in [4.78, 5) is 11.1. The number of carbonyl (C=O) groups is 1. The minimum absolute atomic E-state index is 0.320. The molecule has 0 heterocycles. The summed E-state index contributed by atoms with van der Waals surface area (Å²) < 4.78 is 5.43. The Morgan fingerprint density at radius 3 is 2.80 bits per heavy atom. The number of halogens is 2. The summed E-state index contributed by atoms with van der Waals surface area (Å²) in [5.41, 5.74) is 0.320. The predicted octanol–water partition coefficient (Wildman–Crippen LogP) is 3.90. The van der Waals surface area contributed by atoms with Gasteiger partial charge in [-0.3, -0.25) is 4.79 Å². The lowest BCUT2D eigenvalue weighted by molar-refractivity contribution is 0.107. The minimum atomic E-state index is -0.552. The van der Waals surface area contributed by atoms with Crippen LogP contribution in [0.1, 0.15) is 30.1 Å². The van der Waals surface area contributed by atoms with Crippen LogP contribution in [0.15, 0.2) is 18.2 Å². The van der Waals surface area contributed by atoms with Crippen molar-refractivity contribution in [3.63, 3.8) is 0 Å². The zero-order valence-corrected chi connectivity index (χ0v) is 9.94. The number of unbranched alkanes of at least 4 members (excludes halogenated alkanes) is 1. The SMILES string of the molecule is CCCCOc1c(Cl)cccc1C(=O)Cl. The molecule has 0 aliphatic carbocycles. The van der Waals surface area contributed by atoms with Crippen molar-refractivity contribution >= 4 is 28.4 Å². The smallest absolute Gasteiger partial charge is 0.256 e. The molecule has 15 heavy (non-hydrogen) atoms. The molecule has 0 aromatic heterocycles. The first kappa shape index (κ1) is 12.3. The Balaban J connectivity index is 2.87. The molecule has 0 spiro atoms. The Labute approximate surface area is 99.1 Å². The maximum atomic E-state index is 11.1. The molecule has 1 aromatic rings. The van der Waals surface area contributed by atoms with E-state index in [-0.39, 0.29) is 0 Å². The van der Waals surface area contributed by atoms with Crippen LogP contribution in [0, 0.1) is 0 Å². The predicted molar refractivity (Wildman–Crippen MR) is 62.0 cm³/mol. The standard InChI is InChI=1S/C11H12Cl2O2/c1-2-3-7-15-10-8(11(13)14)5-4-6-9(10)12/h4-6H,2-3,7H2,1H3. The molecule has 0 fully saturated rings. The molecule has 0 bridgehead atoms. The fourth-order valence-corrected chi connectivity index (χ4v) is 1.51. The van der Waals surface area contributed by atoms with E-state index >= 15 is 0 Å². The van der Waals surface area contributed by atoms with Crippen molar-refractivity contribution in [2.45, 2.75) is 19.8 Å². The summed E-state index contributed by atoms with van der Waals surface area (Å²) in [6.07, 6.45) is 1.94. The van der Waals surface area contributed by atoms with Crippen LogP contribution in [-0.4, -0.2) is 11.8 Å². The van der Waals surface area contributed by atoms with E-state index in [9.17, 15) is 4.79 Å². The van der Waals surface area contributed by atoms with Gasteiger partial charge in [-0.25, -0.2) is 0 Å². The van der Waals surface area contributed by atoms with Gasteiger partial charge in [0.25, 0.3) is 5.24 Å². The molecular weight excluding hydrogens is 235 g/mol. The number of hydrogen-bond acceptors (Lipinski definition) is 2.